The smallest absolute Gasteiger partial charge is 0.274 e. The Balaban J connectivity index is 1.59. The summed E-state index contributed by atoms with van der Waals surface area (Å²) >= 11 is 2.17. The summed E-state index contributed by atoms with van der Waals surface area (Å²) in [6.45, 7) is 2.51. The average Bonchev–Trinajstić information content (AvgIpc) is 2.74. The van der Waals surface area contributed by atoms with Crippen LogP contribution in [-0.2, 0) is 6.61 Å². The van der Waals surface area contributed by atoms with Crippen molar-refractivity contribution in [2.75, 3.05) is 0 Å². The van der Waals surface area contributed by atoms with Crippen LogP contribution in [0.2, 0.25) is 0 Å². The molecule has 0 atom stereocenters. The van der Waals surface area contributed by atoms with Gasteiger partial charge in [-0.2, -0.15) is 10.4 Å². The molecule has 0 unspecified atom stereocenters. The van der Waals surface area contributed by atoms with Crippen molar-refractivity contribution in [3.63, 3.8) is 0 Å². The van der Waals surface area contributed by atoms with Crippen LogP contribution in [0, 0.1) is 27.6 Å². The molecule has 0 saturated carbocycles. The van der Waals surface area contributed by atoms with Gasteiger partial charge in [0.1, 0.15) is 18.2 Å². The third-order valence-corrected chi connectivity index (χ3v) is 5.04. The highest BCUT2D eigenvalue weighted by Crippen LogP contribution is 2.22. The number of nitrogens with zero attached hydrogens (tertiary/aromatic N) is 2. The van der Waals surface area contributed by atoms with Gasteiger partial charge in [-0.3, -0.25) is 4.79 Å². The van der Waals surface area contributed by atoms with Crippen LogP contribution in [0.1, 0.15) is 32.6 Å². The van der Waals surface area contributed by atoms with E-state index in [1.54, 1.807) is 0 Å². The predicted octanol–water partition coefficient (Wildman–Crippen LogP) is 4.95. The minimum atomic E-state index is -0.772. The third kappa shape index (κ3) is 5.64. The van der Waals surface area contributed by atoms with Crippen LogP contribution < -0.4 is 10.2 Å². The van der Waals surface area contributed by atoms with Gasteiger partial charge >= 0.3 is 0 Å². The van der Waals surface area contributed by atoms with Crippen molar-refractivity contribution in [1.82, 2.24) is 5.43 Å². The van der Waals surface area contributed by atoms with Gasteiger partial charge in [-0.15, -0.1) is 0 Å². The van der Waals surface area contributed by atoms with E-state index in [2.05, 4.69) is 33.1 Å². The molecule has 0 aliphatic rings. The van der Waals surface area contributed by atoms with Crippen molar-refractivity contribution >= 4 is 34.7 Å². The maximum atomic E-state index is 13.9. The number of nitrogens with one attached hydrogen (secondary N) is 1. The summed E-state index contributed by atoms with van der Waals surface area (Å²) in [4.78, 5) is 12.0. The maximum absolute atomic E-state index is 13.9. The number of carbonyl (C=O) groups is 1. The Kier molecular flexibility index (Phi) is 7.14. The minimum absolute atomic E-state index is 0.145. The molecule has 30 heavy (non-hydrogen) atoms. The molecule has 1 amide bonds. The van der Waals surface area contributed by atoms with Crippen molar-refractivity contribution in [2.45, 2.75) is 13.5 Å². The molecule has 0 saturated heterocycles. The van der Waals surface area contributed by atoms with E-state index in [1.165, 1.54) is 23.9 Å². The summed E-state index contributed by atoms with van der Waals surface area (Å²) in [5.74, 6) is -0.718. The summed E-state index contributed by atoms with van der Waals surface area (Å²) in [6.07, 6.45) is 1.46. The number of aryl methyl sites for hydroxylation is 1. The Hall–Kier alpha value is -3.25. The number of benzene rings is 3. The van der Waals surface area contributed by atoms with Crippen molar-refractivity contribution in [3.8, 4) is 11.8 Å². The lowest BCUT2D eigenvalue weighted by Gasteiger charge is -2.09. The van der Waals surface area contributed by atoms with Crippen LogP contribution in [-0.4, -0.2) is 12.1 Å². The van der Waals surface area contributed by atoms with E-state index in [0.717, 1.165) is 26.5 Å². The van der Waals surface area contributed by atoms with Crippen molar-refractivity contribution < 1.29 is 13.9 Å². The largest absolute Gasteiger partial charge is 0.488 e. The SMILES string of the molecule is Cc1ccc(COc2ccc(/C=N\NC(=O)c3ccc(C#N)cc3F)cc2I)cc1. The summed E-state index contributed by atoms with van der Waals surface area (Å²) < 4.78 is 20.6. The van der Waals surface area contributed by atoms with E-state index in [4.69, 9.17) is 10.00 Å². The van der Waals surface area contributed by atoms with Crippen LogP contribution in [0.15, 0.2) is 65.8 Å². The lowest BCUT2D eigenvalue weighted by atomic mass is 10.1. The van der Waals surface area contributed by atoms with Crippen LogP contribution in [0.5, 0.6) is 5.75 Å². The number of hydrogen-bond donors (Lipinski definition) is 1. The van der Waals surface area contributed by atoms with Gasteiger partial charge in [0, 0.05) is 0 Å². The molecule has 0 radical (unpaired) electrons. The average molecular weight is 513 g/mol. The monoisotopic (exact) mass is 513 g/mol. The molecule has 1 N–H and O–H groups in total. The molecule has 5 nitrogen and oxygen atoms in total. The molecule has 0 aliphatic heterocycles. The Morgan fingerprint density at radius 3 is 2.63 bits per heavy atom. The quantitative estimate of drug-likeness (QED) is 0.288. The Labute approximate surface area is 187 Å². The number of rotatable bonds is 6. The van der Waals surface area contributed by atoms with E-state index in [9.17, 15) is 9.18 Å². The number of halogens is 2. The second kappa shape index (κ2) is 9.98. The van der Waals surface area contributed by atoms with Gasteiger partial charge in [0.2, 0.25) is 0 Å². The summed E-state index contributed by atoms with van der Waals surface area (Å²) in [7, 11) is 0. The number of nitriles is 1. The lowest BCUT2D eigenvalue weighted by molar-refractivity contribution is 0.0951. The molecule has 0 aromatic heterocycles. The molecule has 0 aliphatic carbocycles. The first-order chi connectivity index (χ1) is 14.5. The third-order valence-electron chi connectivity index (χ3n) is 4.19. The summed E-state index contributed by atoms with van der Waals surface area (Å²) in [5, 5.41) is 12.6. The predicted molar refractivity (Wildman–Crippen MR) is 121 cm³/mol. The zero-order chi connectivity index (χ0) is 21.5. The van der Waals surface area contributed by atoms with Gasteiger partial charge in [-0.05, 0) is 77.0 Å². The molecule has 0 spiro atoms. The zero-order valence-electron chi connectivity index (χ0n) is 16.0. The van der Waals surface area contributed by atoms with Crippen molar-refractivity contribution in [1.29, 1.82) is 5.26 Å². The summed E-state index contributed by atoms with van der Waals surface area (Å²) in [6, 6.07) is 19.1. The van der Waals surface area contributed by atoms with Crippen molar-refractivity contribution in [3.05, 3.63) is 97.9 Å². The number of hydrazone groups is 1. The highest BCUT2D eigenvalue weighted by Gasteiger charge is 2.11. The van der Waals surface area contributed by atoms with Crippen molar-refractivity contribution in [2.24, 2.45) is 5.10 Å². The van der Waals surface area contributed by atoms with Crippen LogP contribution in [0.25, 0.3) is 0 Å². The van der Waals surface area contributed by atoms with Gasteiger partial charge in [0.05, 0.1) is 27.0 Å². The first kappa shape index (κ1) is 21.5. The molecule has 3 aromatic rings. The molecule has 7 heteroatoms. The number of hydrogen-bond acceptors (Lipinski definition) is 4. The Bertz CT molecular complexity index is 1140. The second-order valence-electron chi connectivity index (χ2n) is 6.47. The zero-order valence-corrected chi connectivity index (χ0v) is 18.2. The van der Waals surface area contributed by atoms with E-state index >= 15 is 0 Å². The fraction of sp³-hybridized carbons (Fsp3) is 0.0870. The molecule has 3 aromatic carbocycles. The van der Waals surface area contributed by atoms with Gasteiger partial charge < -0.3 is 4.74 Å². The molecule has 0 bridgehead atoms. The lowest BCUT2D eigenvalue weighted by Crippen LogP contribution is -2.19. The molecular weight excluding hydrogens is 496 g/mol. The number of amides is 1. The second-order valence-corrected chi connectivity index (χ2v) is 7.63. The maximum Gasteiger partial charge on any atom is 0.274 e. The van der Waals surface area contributed by atoms with Gasteiger partial charge in [0.25, 0.3) is 5.91 Å². The fourth-order valence-corrected chi connectivity index (χ4v) is 3.25. The van der Waals surface area contributed by atoms with Gasteiger partial charge in [-0.25, -0.2) is 9.82 Å². The standard InChI is InChI=1S/C23H17FIN3O2/c1-15-2-4-16(5-3-15)14-30-22-9-7-18(11-21(22)25)13-27-28-23(29)19-8-6-17(12-26)10-20(19)24/h2-11,13H,14H2,1H3,(H,28,29)/b27-13-. The Morgan fingerprint density at radius 1 is 1.20 bits per heavy atom. The van der Waals surface area contributed by atoms with E-state index in [0.29, 0.717) is 6.61 Å². The number of ether oxygens (including phenoxy) is 1. The number of carbonyl (C=O) groups excluding carboxylic acids is 1. The van der Waals surface area contributed by atoms with Gasteiger partial charge in [0.15, 0.2) is 0 Å². The normalized spacial score (nSPS) is 10.6. The van der Waals surface area contributed by atoms with Gasteiger partial charge in [-0.1, -0.05) is 29.8 Å². The van der Waals surface area contributed by atoms with Crippen LogP contribution in [0.3, 0.4) is 0 Å². The van der Waals surface area contributed by atoms with E-state index in [1.807, 2.05) is 55.5 Å². The highest BCUT2D eigenvalue weighted by atomic mass is 127. The van der Waals surface area contributed by atoms with E-state index in [-0.39, 0.29) is 11.1 Å². The first-order valence-electron chi connectivity index (χ1n) is 8.97. The molecule has 3 rings (SSSR count). The minimum Gasteiger partial charge on any atom is -0.488 e. The highest BCUT2D eigenvalue weighted by molar-refractivity contribution is 14.1. The van der Waals surface area contributed by atoms with Crippen LogP contribution >= 0.6 is 22.6 Å². The Morgan fingerprint density at radius 2 is 1.97 bits per heavy atom. The molecular formula is C23H17FIN3O2. The topological polar surface area (TPSA) is 74.5 Å². The first-order valence-corrected chi connectivity index (χ1v) is 10.0. The summed E-state index contributed by atoms with van der Waals surface area (Å²) in [5.41, 5.74) is 5.29. The van der Waals surface area contributed by atoms with Crippen LogP contribution in [0.4, 0.5) is 4.39 Å². The molecule has 0 heterocycles. The van der Waals surface area contributed by atoms with E-state index < -0.39 is 11.7 Å². The molecule has 0 fully saturated rings. The fourth-order valence-electron chi connectivity index (χ4n) is 2.55. The molecule has 150 valence electrons.